The van der Waals surface area contributed by atoms with Crippen molar-refractivity contribution in [3.05, 3.63) is 76.2 Å². The van der Waals surface area contributed by atoms with Crippen molar-refractivity contribution in [1.29, 1.82) is 5.26 Å². The second kappa shape index (κ2) is 16.1. The lowest BCUT2D eigenvalue weighted by atomic mass is 9.72. The number of nitriles is 1. The molecule has 2 N–H and O–H groups in total. The van der Waals surface area contributed by atoms with Crippen molar-refractivity contribution in [2.75, 3.05) is 55.6 Å². The van der Waals surface area contributed by atoms with Crippen molar-refractivity contribution in [3.63, 3.8) is 0 Å². The summed E-state index contributed by atoms with van der Waals surface area (Å²) in [5.74, 6) is -0.403. The Hall–Kier alpha value is -5.59. The number of hydrogen-bond acceptors (Lipinski definition) is 12. The number of primary amides is 1. The van der Waals surface area contributed by atoms with Gasteiger partial charge in [0.15, 0.2) is 0 Å². The van der Waals surface area contributed by atoms with E-state index in [4.69, 9.17) is 27.3 Å². The van der Waals surface area contributed by atoms with Crippen LogP contribution in [0, 0.1) is 22.7 Å². The topological polar surface area (TPSA) is 186 Å². The molecule has 1 spiro atoms. The lowest BCUT2D eigenvalue weighted by Gasteiger charge is -2.54. The highest BCUT2D eigenvalue weighted by Crippen LogP contribution is 2.43. The Balaban J connectivity index is 0.754. The summed E-state index contributed by atoms with van der Waals surface area (Å²) in [6, 6.07) is 11.0. The monoisotopic (exact) mass is 833 g/mol. The Labute approximate surface area is 353 Å². The van der Waals surface area contributed by atoms with Gasteiger partial charge >= 0.3 is 0 Å². The summed E-state index contributed by atoms with van der Waals surface area (Å²) in [5, 5.41) is 9.48. The first-order chi connectivity index (χ1) is 29.0. The van der Waals surface area contributed by atoms with E-state index in [0.717, 1.165) is 87.9 Å². The van der Waals surface area contributed by atoms with Gasteiger partial charge < -0.3 is 25.2 Å². The first-order valence-corrected chi connectivity index (χ1v) is 21.5. The summed E-state index contributed by atoms with van der Waals surface area (Å²) in [4.78, 5) is 84.3. The van der Waals surface area contributed by atoms with Gasteiger partial charge in [-0.25, -0.2) is 9.97 Å². The molecule has 9 rings (SSSR count). The molecule has 5 amide bonds. The number of halogens is 1. The zero-order valence-electron chi connectivity index (χ0n) is 33.4. The van der Waals surface area contributed by atoms with Crippen LogP contribution >= 0.6 is 11.6 Å². The molecule has 1 atom stereocenters. The molecule has 1 aliphatic carbocycles. The molecule has 2 aromatic carbocycles. The minimum atomic E-state index is -1.03. The number of imide groups is 2. The van der Waals surface area contributed by atoms with Gasteiger partial charge in [0.2, 0.25) is 5.91 Å². The largest absolute Gasteiger partial charge is 0.490 e. The van der Waals surface area contributed by atoms with Gasteiger partial charge in [-0.2, -0.15) is 5.26 Å². The Morgan fingerprint density at radius 2 is 1.58 bits per heavy atom. The minimum absolute atomic E-state index is 0.0758. The van der Waals surface area contributed by atoms with Crippen molar-refractivity contribution in [1.82, 2.24) is 24.7 Å². The standard InChI is InChI=1S/C44H48ClN9O6/c45-35-20-32(5-1-28(35)21-46)60-31-6-2-29(3-7-31)53-39(55)10-9-37(43(53)59)54-41(57)33-8-4-30(19-34(33)42(54)58)51-15-11-27(12-16-51)24-50-17-13-44(14-18-50)25-52(26-44)38-23-48-36(22-49-38)40(47)56/h1,4-5,8,19-20,22-23,27,29,31,37H,2-3,6-7,9-18,24-26H2,(H2,47,56). The Morgan fingerprint density at radius 3 is 2.25 bits per heavy atom. The van der Waals surface area contributed by atoms with Crippen LogP contribution in [0.15, 0.2) is 48.8 Å². The number of nitrogens with two attached hydrogens (primary N) is 1. The molecule has 3 aromatic rings. The quantitative estimate of drug-likeness (QED) is 0.300. The molecule has 5 fully saturated rings. The summed E-state index contributed by atoms with van der Waals surface area (Å²) >= 11 is 6.18. The van der Waals surface area contributed by atoms with Crippen molar-refractivity contribution in [2.24, 2.45) is 17.1 Å². The summed E-state index contributed by atoms with van der Waals surface area (Å²) < 4.78 is 6.12. The van der Waals surface area contributed by atoms with E-state index in [0.29, 0.717) is 64.5 Å². The van der Waals surface area contributed by atoms with E-state index >= 15 is 0 Å². The molecule has 0 radical (unpaired) electrons. The summed E-state index contributed by atoms with van der Waals surface area (Å²) in [6.07, 6.45) is 9.74. The molecule has 5 aliphatic heterocycles. The third kappa shape index (κ3) is 7.55. The number of aromatic nitrogens is 2. The van der Waals surface area contributed by atoms with E-state index in [2.05, 4.69) is 24.7 Å². The third-order valence-electron chi connectivity index (χ3n) is 13.7. The van der Waals surface area contributed by atoms with Gasteiger partial charge in [-0.1, -0.05) is 11.6 Å². The van der Waals surface area contributed by atoms with Crippen LogP contribution in [0.25, 0.3) is 0 Å². The molecule has 0 bridgehead atoms. The number of benzene rings is 2. The van der Waals surface area contributed by atoms with E-state index in [1.54, 1.807) is 36.5 Å². The molecule has 15 nitrogen and oxygen atoms in total. The number of piperidine rings is 3. The number of hydrogen-bond donors (Lipinski definition) is 1. The van der Waals surface area contributed by atoms with Crippen LogP contribution in [-0.4, -0.2) is 118 Å². The second-order valence-electron chi connectivity index (χ2n) is 17.4. The zero-order chi connectivity index (χ0) is 41.7. The molecule has 312 valence electrons. The molecule has 60 heavy (non-hydrogen) atoms. The molecule has 6 aliphatic rings. The number of fused-ring (bicyclic) bond motifs is 1. The van der Waals surface area contributed by atoms with E-state index in [1.807, 2.05) is 12.1 Å². The molecule has 1 saturated carbocycles. The van der Waals surface area contributed by atoms with Crippen LogP contribution in [0.4, 0.5) is 11.5 Å². The molecule has 1 aromatic heterocycles. The first kappa shape index (κ1) is 39.8. The number of rotatable bonds is 9. The van der Waals surface area contributed by atoms with Gasteiger partial charge in [0.25, 0.3) is 23.6 Å². The van der Waals surface area contributed by atoms with Gasteiger partial charge in [-0.3, -0.25) is 33.8 Å². The Morgan fingerprint density at radius 1 is 0.850 bits per heavy atom. The van der Waals surface area contributed by atoms with Crippen molar-refractivity contribution in [3.8, 4) is 11.8 Å². The fourth-order valence-corrected chi connectivity index (χ4v) is 10.4. The van der Waals surface area contributed by atoms with E-state index in [9.17, 15) is 24.0 Å². The summed E-state index contributed by atoms with van der Waals surface area (Å²) in [6.45, 7) is 6.81. The van der Waals surface area contributed by atoms with E-state index in [-0.39, 0.29) is 36.6 Å². The predicted molar refractivity (Wildman–Crippen MR) is 220 cm³/mol. The van der Waals surface area contributed by atoms with Crippen LogP contribution in [0.3, 0.4) is 0 Å². The van der Waals surface area contributed by atoms with Gasteiger partial charge in [0, 0.05) is 62.4 Å². The van der Waals surface area contributed by atoms with Crippen LogP contribution in [0.2, 0.25) is 5.02 Å². The number of carbonyl (C=O) groups excluding carboxylic acids is 5. The number of nitrogens with zero attached hydrogens (tertiary/aromatic N) is 8. The highest BCUT2D eigenvalue weighted by Gasteiger charge is 2.49. The van der Waals surface area contributed by atoms with E-state index in [1.165, 1.54) is 11.1 Å². The average Bonchev–Trinajstić information content (AvgIpc) is 3.49. The molecule has 16 heteroatoms. The third-order valence-corrected chi connectivity index (χ3v) is 14.0. The first-order valence-electron chi connectivity index (χ1n) is 21.1. The maximum Gasteiger partial charge on any atom is 0.268 e. The van der Waals surface area contributed by atoms with Crippen LogP contribution in [-0.2, 0) is 9.59 Å². The SMILES string of the molecule is N#Cc1ccc(OC2CCC(N3C(=O)CCC(N4C(=O)c5ccc(N6CCC(CN7CCC8(CC7)CN(c7cnc(C(N)=O)cn7)C8)CC6)cc5C4=O)C3=O)CC2)cc1Cl. The normalized spacial score (nSPS) is 24.7. The fourth-order valence-electron chi connectivity index (χ4n) is 10.2. The lowest BCUT2D eigenvalue weighted by Crippen LogP contribution is -2.61. The molecule has 1 unspecified atom stereocenters. The van der Waals surface area contributed by atoms with Gasteiger partial charge in [0.05, 0.1) is 40.2 Å². The molecule has 4 saturated heterocycles. The predicted octanol–water partition coefficient (Wildman–Crippen LogP) is 4.42. The number of amides is 5. The highest BCUT2D eigenvalue weighted by atomic mass is 35.5. The number of anilines is 2. The second-order valence-corrected chi connectivity index (χ2v) is 17.8. The van der Waals surface area contributed by atoms with Gasteiger partial charge in [0.1, 0.15) is 29.4 Å². The van der Waals surface area contributed by atoms with Crippen LogP contribution < -0.4 is 20.3 Å². The Bertz CT molecular complexity index is 2250. The Kier molecular flexibility index (Phi) is 10.7. The average molecular weight is 834 g/mol. The fraction of sp³-hybridized carbons (Fsp3) is 0.500. The molecular formula is C44H48ClN9O6. The minimum Gasteiger partial charge on any atom is -0.490 e. The number of carbonyl (C=O) groups is 5. The molecule has 6 heterocycles. The van der Waals surface area contributed by atoms with Crippen LogP contribution in [0.5, 0.6) is 5.75 Å². The van der Waals surface area contributed by atoms with Gasteiger partial charge in [-0.05, 0) is 107 Å². The maximum atomic E-state index is 14.0. The van der Waals surface area contributed by atoms with Gasteiger partial charge in [-0.15, -0.1) is 0 Å². The maximum absolute atomic E-state index is 14.0. The number of likely N-dealkylation sites (tertiary alicyclic amines) is 2. The van der Waals surface area contributed by atoms with Crippen molar-refractivity contribution < 1.29 is 28.7 Å². The molecular weight excluding hydrogens is 786 g/mol. The lowest BCUT2D eigenvalue weighted by molar-refractivity contribution is -0.155. The summed E-state index contributed by atoms with van der Waals surface area (Å²) in [7, 11) is 0. The number of ether oxygens (including phenoxy) is 1. The summed E-state index contributed by atoms with van der Waals surface area (Å²) in [5.41, 5.74) is 7.64. The highest BCUT2D eigenvalue weighted by molar-refractivity contribution is 6.31. The van der Waals surface area contributed by atoms with Crippen molar-refractivity contribution in [2.45, 2.75) is 82.4 Å². The van der Waals surface area contributed by atoms with E-state index < -0.39 is 29.7 Å². The van der Waals surface area contributed by atoms with Crippen LogP contribution in [0.1, 0.15) is 101 Å². The zero-order valence-corrected chi connectivity index (χ0v) is 34.2. The van der Waals surface area contributed by atoms with Crippen molar-refractivity contribution >= 4 is 52.6 Å². The smallest absolute Gasteiger partial charge is 0.268 e.